The van der Waals surface area contributed by atoms with Gasteiger partial charge in [-0.1, -0.05) is 39.7 Å². The highest BCUT2D eigenvalue weighted by molar-refractivity contribution is 9.10. The van der Waals surface area contributed by atoms with Crippen molar-refractivity contribution in [3.05, 3.63) is 92.4 Å². The van der Waals surface area contributed by atoms with Crippen LogP contribution in [-0.4, -0.2) is 21.8 Å². The second-order valence-electron chi connectivity index (χ2n) is 8.14. The molecule has 0 aliphatic carbocycles. The summed E-state index contributed by atoms with van der Waals surface area (Å²) in [6, 6.07) is 12.5. The van der Waals surface area contributed by atoms with Crippen molar-refractivity contribution in [3.8, 4) is 0 Å². The number of nitrogens with zero attached hydrogens (tertiary/aromatic N) is 3. The van der Waals surface area contributed by atoms with E-state index in [1.807, 2.05) is 25.1 Å². The number of benzene rings is 2. The van der Waals surface area contributed by atoms with E-state index in [4.69, 9.17) is 21.0 Å². The summed E-state index contributed by atoms with van der Waals surface area (Å²) in [6.45, 7) is 3.69. The fraction of sp³-hybridized carbons (Fsp3) is 0.120. The van der Waals surface area contributed by atoms with E-state index in [0.717, 1.165) is 10.0 Å². The normalized spacial score (nSPS) is 15.5. The Morgan fingerprint density at radius 1 is 1.17 bits per heavy atom. The van der Waals surface area contributed by atoms with Crippen LogP contribution < -0.4 is 16.0 Å². The fourth-order valence-corrected chi connectivity index (χ4v) is 4.50. The molecule has 1 aliphatic rings. The van der Waals surface area contributed by atoms with Gasteiger partial charge in [-0.2, -0.15) is 4.98 Å². The third kappa shape index (κ3) is 4.95. The summed E-state index contributed by atoms with van der Waals surface area (Å²) >= 11 is 9.97. The molecule has 1 amide bonds. The number of nitrogens with one attached hydrogen (secondary N) is 3. The maximum atomic E-state index is 13.6. The number of anilines is 2. The van der Waals surface area contributed by atoms with Crippen molar-refractivity contribution in [2.24, 2.45) is 4.99 Å². The summed E-state index contributed by atoms with van der Waals surface area (Å²) < 4.78 is 19.9. The molecule has 3 N–H and O–H groups in total. The SMILES string of the molecule is CC1=C(C(=O)Nc2cc(Br)ccn2)C(c2ccc(C)cc2Cl)N=C(Nc2nc3ccc(F)cc3o2)N1. The average molecular weight is 570 g/mol. The average Bonchev–Trinajstić information content (AvgIpc) is 3.19. The van der Waals surface area contributed by atoms with Crippen LogP contribution in [0, 0.1) is 12.7 Å². The third-order valence-corrected chi connectivity index (χ3v) is 6.30. The van der Waals surface area contributed by atoms with Gasteiger partial charge in [0.05, 0.1) is 5.57 Å². The van der Waals surface area contributed by atoms with E-state index in [1.54, 1.807) is 25.3 Å². The molecule has 8 nitrogen and oxygen atoms in total. The van der Waals surface area contributed by atoms with Gasteiger partial charge in [0.1, 0.15) is 23.2 Å². The van der Waals surface area contributed by atoms with Crippen LogP contribution in [0.25, 0.3) is 11.1 Å². The van der Waals surface area contributed by atoms with E-state index in [0.29, 0.717) is 44.7 Å². The van der Waals surface area contributed by atoms with Gasteiger partial charge >= 0.3 is 6.01 Å². The van der Waals surface area contributed by atoms with Crippen LogP contribution in [0.2, 0.25) is 5.02 Å². The number of hydrogen-bond donors (Lipinski definition) is 3. The Hall–Kier alpha value is -3.76. The van der Waals surface area contributed by atoms with E-state index in [9.17, 15) is 9.18 Å². The van der Waals surface area contributed by atoms with Crippen molar-refractivity contribution in [1.29, 1.82) is 0 Å². The van der Waals surface area contributed by atoms with E-state index in [1.165, 1.54) is 18.2 Å². The number of aromatic nitrogens is 2. The van der Waals surface area contributed by atoms with Crippen LogP contribution >= 0.6 is 27.5 Å². The minimum Gasteiger partial charge on any atom is -0.423 e. The Labute approximate surface area is 218 Å². The van der Waals surface area contributed by atoms with Gasteiger partial charge in [-0.05, 0) is 49.7 Å². The second-order valence-corrected chi connectivity index (χ2v) is 9.46. The van der Waals surface area contributed by atoms with E-state index >= 15 is 0 Å². The van der Waals surface area contributed by atoms with E-state index in [-0.39, 0.29) is 11.9 Å². The smallest absolute Gasteiger partial charge is 0.302 e. The molecule has 1 aliphatic heterocycles. The Morgan fingerprint density at radius 3 is 2.78 bits per heavy atom. The van der Waals surface area contributed by atoms with Crippen molar-refractivity contribution < 1.29 is 13.6 Å². The van der Waals surface area contributed by atoms with Crippen LogP contribution in [-0.2, 0) is 4.79 Å². The molecule has 2 aromatic carbocycles. The number of aryl methyl sites for hydroxylation is 1. The van der Waals surface area contributed by atoms with Crippen LogP contribution in [0.3, 0.4) is 0 Å². The van der Waals surface area contributed by atoms with E-state index < -0.39 is 11.9 Å². The van der Waals surface area contributed by atoms with Crippen molar-refractivity contribution in [3.63, 3.8) is 0 Å². The molecule has 0 saturated heterocycles. The summed E-state index contributed by atoms with van der Waals surface area (Å²) in [5, 5.41) is 9.37. The zero-order valence-electron chi connectivity index (χ0n) is 19.1. The Balaban J connectivity index is 1.51. The van der Waals surface area contributed by atoms with Crippen LogP contribution in [0.5, 0.6) is 0 Å². The molecule has 2 aromatic heterocycles. The molecular formula is C25H19BrClFN6O2. The van der Waals surface area contributed by atoms with Crippen LogP contribution in [0.1, 0.15) is 24.1 Å². The lowest BCUT2D eigenvalue weighted by Crippen LogP contribution is -2.37. The van der Waals surface area contributed by atoms with Gasteiger partial charge in [0.2, 0.25) is 5.96 Å². The number of carbonyl (C=O) groups excluding carboxylic acids is 1. The molecule has 3 heterocycles. The lowest BCUT2D eigenvalue weighted by atomic mass is 9.95. The first-order valence-corrected chi connectivity index (χ1v) is 12.0. The van der Waals surface area contributed by atoms with Gasteiger partial charge in [-0.3, -0.25) is 10.1 Å². The number of guanidine groups is 1. The largest absolute Gasteiger partial charge is 0.423 e. The molecule has 0 fully saturated rings. The van der Waals surface area contributed by atoms with Crippen molar-refractivity contribution in [2.75, 3.05) is 10.6 Å². The summed E-state index contributed by atoms with van der Waals surface area (Å²) in [6.07, 6.45) is 1.58. The summed E-state index contributed by atoms with van der Waals surface area (Å²) in [7, 11) is 0. The molecule has 5 rings (SSSR count). The molecule has 0 spiro atoms. The Morgan fingerprint density at radius 2 is 2.00 bits per heavy atom. The molecule has 4 aromatic rings. The Bertz CT molecular complexity index is 1570. The monoisotopic (exact) mass is 568 g/mol. The number of oxazole rings is 1. The maximum absolute atomic E-state index is 13.6. The van der Waals surface area contributed by atoms with Crippen molar-refractivity contribution >= 4 is 62.3 Å². The van der Waals surface area contributed by atoms with Gasteiger partial charge in [0.15, 0.2) is 5.58 Å². The number of amides is 1. The molecule has 0 bridgehead atoms. The zero-order chi connectivity index (χ0) is 25.4. The van der Waals surface area contributed by atoms with E-state index in [2.05, 4.69) is 41.8 Å². The topological polar surface area (TPSA) is 104 Å². The van der Waals surface area contributed by atoms with Crippen LogP contribution in [0.15, 0.2) is 79.9 Å². The lowest BCUT2D eigenvalue weighted by Gasteiger charge is -2.27. The van der Waals surface area contributed by atoms with Gasteiger partial charge in [-0.15, -0.1) is 0 Å². The second kappa shape index (κ2) is 9.71. The predicted molar refractivity (Wildman–Crippen MR) is 140 cm³/mol. The van der Waals surface area contributed by atoms with Gasteiger partial charge < -0.3 is 15.1 Å². The minimum absolute atomic E-state index is 0.120. The Kier molecular flexibility index (Phi) is 6.46. The molecule has 182 valence electrons. The molecule has 0 radical (unpaired) electrons. The highest BCUT2D eigenvalue weighted by atomic mass is 79.9. The van der Waals surface area contributed by atoms with Crippen molar-refractivity contribution in [1.82, 2.24) is 15.3 Å². The quantitative estimate of drug-likeness (QED) is 0.274. The van der Waals surface area contributed by atoms with Crippen LogP contribution in [0.4, 0.5) is 16.2 Å². The minimum atomic E-state index is -0.740. The van der Waals surface area contributed by atoms with Gasteiger partial charge in [0, 0.05) is 33.0 Å². The first-order chi connectivity index (χ1) is 17.3. The number of fused-ring (bicyclic) bond motifs is 1. The van der Waals surface area contributed by atoms with Crippen molar-refractivity contribution in [2.45, 2.75) is 19.9 Å². The third-order valence-electron chi connectivity index (χ3n) is 5.48. The highest BCUT2D eigenvalue weighted by Gasteiger charge is 2.31. The highest BCUT2D eigenvalue weighted by Crippen LogP contribution is 2.36. The number of halogens is 3. The molecule has 0 saturated carbocycles. The first kappa shape index (κ1) is 24.0. The fourth-order valence-electron chi connectivity index (χ4n) is 3.82. The molecule has 11 heteroatoms. The summed E-state index contributed by atoms with van der Waals surface area (Å²) in [5.41, 5.74) is 3.32. The number of pyridine rings is 1. The van der Waals surface area contributed by atoms with Gasteiger partial charge in [-0.25, -0.2) is 14.4 Å². The zero-order valence-corrected chi connectivity index (χ0v) is 21.4. The number of carbonyl (C=O) groups is 1. The number of hydrogen-bond acceptors (Lipinski definition) is 7. The lowest BCUT2D eigenvalue weighted by molar-refractivity contribution is -0.113. The molecule has 1 atom stereocenters. The summed E-state index contributed by atoms with van der Waals surface area (Å²) in [5.74, 6) is -0.137. The number of rotatable bonds is 4. The number of aliphatic imine (C=N–C) groups is 1. The summed E-state index contributed by atoms with van der Waals surface area (Å²) in [4.78, 5) is 26.6. The number of allylic oxidation sites excluding steroid dienone is 1. The predicted octanol–water partition coefficient (Wildman–Crippen LogP) is 6.11. The molecular weight excluding hydrogens is 551 g/mol. The van der Waals surface area contributed by atoms with Gasteiger partial charge in [0.25, 0.3) is 5.91 Å². The standard InChI is InChI=1S/C25H19BrClFN6O2/c1-12-3-5-16(17(27)9-12)22-21(23(35)32-20-10-14(26)7-8-29-20)13(2)30-24(33-22)34-25-31-18-6-4-15(28)11-19(18)36-25/h3-11,22H,1-2H3,(H,29,32,35)(H2,30,31,33,34). The maximum Gasteiger partial charge on any atom is 0.302 e. The molecule has 36 heavy (non-hydrogen) atoms. The first-order valence-electron chi connectivity index (χ1n) is 10.8. The molecule has 1 unspecified atom stereocenters.